The molecule has 8 heteroatoms. The van der Waals surface area contributed by atoms with E-state index >= 15 is 0 Å². The minimum absolute atomic E-state index is 0.154. The van der Waals surface area contributed by atoms with E-state index in [9.17, 15) is 4.79 Å². The van der Waals surface area contributed by atoms with Gasteiger partial charge in [0.2, 0.25) is 0 Å². The van der Waals surface area contributed by atoms with Crippen LogP contribution in [0, 0.1) is 0 Å². The molecule has 186 valence electrons. The molecule has 0 saturated carbocycles. The van der Waals surface area contributed by atoms with Gasteiger partial charge in [-0.15, -0.1) is 0 Å². The maximum absolute atomic E-state index is 12.6. The van der Waals surface area contributed by atoms with Gasteiger partial charge in [-0.2, -0.15) is 0 Å². The zero-order valence-electron chi connectivity index (χ0n) is 21.0. The quantitative estimate of drug-likeness (QED) is 0.424. The van der Waals surface area contributed by atoms with Crippen molar-refractivity contribution in [3.05, 3.63) is 53.9 Å². The van der Waals surface area contributed by atoms with Crippen molar-refractivity contribution in [3.63, 3.8) is 0 Å². The summed E-state index contributed by atoms with van der Waals surface area (Å²) in [6.45, 7) is 4.21. The van der Waals surface area contributed by atoms with Crippen molar-refractivity contribution in [1.29, 1.82) is 0 Å². The number of esters is 1. The number of rotatable bonds is 9. The first kappa shape index (κ1) is 24.7. The van der Waals surface area contributed by atoms with Gasteiger partial charge >= 0.3 is 5.97 Å². The Kier molecular flexibility index (Phi) is 8.02. The molecular formula is C27H34N4O4. The monoisotopic (exact) mass is 478 g/mol. The predicted molar refractivity (Wildman–Crippen MR) is 136 cm³/mol. The summed E-state index contributed by atoms with van der Waals surface area (Å²) in [7, 11) is 5.30. The highest BCUT2D eigenvalue weighted by Gasteiger charge is 2.30. The van der Waals surface area contributed by atoms with Crippen LogP contribution >= 0.6 is 0 Å². The number of piperidine rings is 1. The van der Waals surface area contributed by atoms with Crippen LogP contribution in [-0.4, -0.2) is 61.3 Å². The third-order valence-corrected chi connectivity index (χ3v) is 6.38. The summed E-state index contributed by atoms with van der Waals surface area (Å²) in [5.74, 6) is 2.80. The Morgan fingerprint density at radius 2 is 1.89 bits per heavy atom. The molecule has 0 spiro atoms. The molecule has 1 unspecified atom stereocenters. The van der Waals surface area contributed by atoms with Gasteiger partial charge in [0, 0.05) is 19.0 Å². The molecule has 1 fully saturated rings. The van der Waals surface area contributed by atoms with Crippen molar-refractivity contribution in [2.45, 2.75) is 45.3 Å². The van der Waals surface area contributed by atoms with Crippen molar-refractivity contribution in [1.82, 2.24) is 14.9 Å². The molecule has 1 aliphatic rings. The predicted octanol–water partition coefficient (Wildman–Crippen LogP) is 4.20. The number of nitrogens with zero attached hydrogens (tertiary/aromatic N) is 4. The fourth-order valence-electron chi connectivity index (χ4n) is 4.66. The van der Waals surface area contributed by atoms with Crippen molar-refractivity contribution in [2.24, 2.45) is 0 Å². The lowest BCUT2D eigenvalue weighted by Gasteiger charge is -2.33. The molecular weight excluding hydrogens is 444 g/mol. The maximum Gasteiger partial charge on any atom is 0.323 e. The number of anilines is 1. The molecule has 1 atom stereocenters. The number of hydrogen-bond donors (Lipinski definition) is 0. The third kappa shape index (κ3) is 5.65. The van der Waals surface area contributed by atoms with Gasteiger partial charge in [0.25, 0.3) is 0 Å². The number of fused-ring (bicyclic) bond motifs is 1. The molecule has 2 heterocycles. The van der Waals surface area contributed by atoms with Gasteiger partial charge in [-0.05, 0) is 56.1 Å². The topological polar surface area (TPSA) is 77.0 Å². The van der Waals surface area contributed by atoms with Gasteiger partial charge in [-0.3, -0.25) is 9.69 Å². The third-order valence-electron chi connectivity index (χ3n) is 6.38. The normalized spacial score (nSPS) is 16.2. The van der Waals surface area contributed by atoms with Crippen LogP contribution in [0.3, 0.4) is 0 Å². The first-order chi connectivity index (χ1) is 17.0. The maximum atomic E-state index is 12.6. The van der Waals surface area contributed by atoms with Gasteiger partial charge in [0.1, 0.15) is 17.7 Å². The van der Waals surface area contributed by atoms with Crippen LogP contribution in [0.25, 0.3) is 10.9 Å². The van der Waals surface area contributed by atoms with E-state index < -0.39 is 0 Å². The first-order valence-electron chi connectivity index (χ1n) is 12.1. The molecule has 0 amide bonds. The largest absolute Gasteiger partial charge is 0.493 e. The molecule has 0 bridgehead atoms. The lowest BCUT2D eigenvalue weighted by atomic mass is 10.0. The lowest BCUT2D eigenvalue weighted by Crippen LogP contribution is -2.45. The van der Waals surface area contributed by atoms with E-state index in [-0.39, 0.29) is 12.0 Å². The molecule has 4 rings (SSSR count). The number of likely N-dealkylation sites (tertiary alicyclic amines) is 1. The van der Waals surface area contributed by atoms with Crippen LogP contribution in [0.1, 0.15) is 37.6 Å². The van der Waals surface area contributed by atoms with Gasteiger partial charge in [-0.1, -0.05) is 24.6 Å². The summed E-state index contributed by atoms with van der Waals surface area (Å²) in [6, 6.07) is 13.7. The van der Waals surface area contributed by atoms with Crippen molar-refractivity contribution in [3.8, 4) is 11.5 Å². The summed E-state index contributed by atoms with van der Waals surface area (Å²) < 4.78 is 16.2. The molecule has 0 N–H and O–H groups in total. The highest BCUT2D eigenvalue weighted by molar-refractivity contribution is 5.89. The van der Waals surface area contributed by atoms with Crippen LogP contribution in [0.2, 0.25) is 0 Å². The van der Waals surface area contributed by atoms with Crippen molar-refractivity contribution < 1.29 is 19.0 Å². The summed E-state index contributed by atoms with van der Waals surface area (Å²) in [5.41, 5.74) is 1.96. The number of hydrogen-bond acceptors (Lipinski definition) is 8. The van der Waals surface area contributed by atoms with Crippen LogP contribution in [0.5, 0.6) is 11.5 Å². The number of para-hydroxylation sites is 1. The molecule has 35 heavy (non-hydrogen) atoms. The number of aromatic nitrogens is 2. The SMILES string of the molecule is CCOC(=O)C1CCCCN1Cc1nc(N(C)Cc2ccc(OC)c(OC)c2)c2ccccc2n1. The Bertz CT molecular complexity index is 1170. The Morgan fingerprint density at radius 3 is 2.66 bits per heavy atom. The van der Waals surface area contributed by atoms with Crippen LogP contribution in [0.4, 0.5) is 5.82 Å². The smallest absolute Gasteiger partial charge is 0.323 e. The summed E-state index contributed by atoms with van der Waals surface area (Å²) in [5, 5.41) is 0.986. The van der Waals surface area contributed by atoms with E-state index in [4.69, 9.17) is 24.2 Å². The van der Waals surface area contributed by atoms with E-state index in [1.807, 2.05) is 56.4 Å². The highest BCUT2D eigenvalue weighted by atomic mass is 16.5. The number of carbonyl (C=O) groups excluding carboxylic acids is 1. The van der Waals surface area contributed by atoms with Gasteiger partial charge in [0.15, 0.2) is 11.5 Å². The van der Waals surface area contributed by atoms with Crippen molar-refractivity contribution in [2.75, 3.05) is 39.3 Å². The molecule has 3 aromatic rings. The Balaban J connectivity index is 1.62. The molecule has 1 aliphatic heterocycles. The zero-order chi connectivity index (χ0) is 24.8. The van der Waals surface area contributed by atoms with E-state index in [1.165, 1.54) is 0 Å². The zero-order valence-corrected chi connectivity index (χ0v) is 21.0. The minimum Gasteiger partial charge on any atom is -0.493 e. The molecule has 1 saturated heterocycles. The second-order valence-corrected chi connectivity index (χ2v) is 8.76. The summed E-state index contributed by atoms with van der Waals surface area (Å²) in [4.78, 5) is 26.6. The molecule has 0 radical (unpaired) electrons. The Labute approximate surface area is 206 Å². The number of methoxy groups -OCH3 is 2. The lowest BCUT2D eigenvalue weighted by molar-refractivity contribution is -0.151. The van der Waals surface area contributed by atoms with Gasteiger partial charge in [0.05, 0.1) is 32.9 Å². The second-order valence-electron chi connectivity index (χ2n) is 8.76. The molecule has 1 aromatic heterocycles. The van der Waals surface area contributed by atoms with Crippen LogP contribution in [-0.2, 0) is 22.6 Å². The van der Waals surface area contributed by atoms with E-state index in [0.29, 0.717) is 37.0 Å². The van der Waals surface area contributed by atoms with E-state index in [1.54, 1.807) is 14.2 Å². The minimum atomic E-state index is -0.244. The first-order valence-corrected chi connectivity index (χ1v) is 12.1. The average molecular weight is 479 g/mol. The van der Waals surface area contributed by atoms with E-state index in [0.717, 1.165) is 48.1 Å². The van der Waals surface area contributed by atoms with E-state index in [2.05, 4.69) is 9.80 Å². The second kappa shape index (κ2) is 11.4. The van der Waals surface area contributed by atoms with Crippen LogP contribution < -0.4 is 14.4 Å². The van der Waals surface area contributed by atoms with Gasteiger partial charge in [-0.25, -0.2) is 9.97 Å². The number of ether oxygens (including phenoxy) is 3. The standard InChI is InChI=1S/C27H34N4O4/c1-5-35-27(32)22-12-8-9-15-31(22)18-25-28-21-11-7-6-10-20(21)26(29-25)30(2)17-19-13-14-23(33-3)24(16-19)34-4/h6-7,10-11,13-14,16,22H,5,8-9,12,15,17-18H2,1-4H3. The molecule has 0 aliphatic carbocycles. The Hall–Kier alpha value is -3.39. The Morgan fingerprint density at radius 1 is 1.09 bits per heavy atom. The summed E-state index contributed by atoms with van der Waals surface area (Å²) >= 11 is 0. The van der Waals surface area contributed by atoms with Crippen molar-refractivity contribution >= 4 is 22.7 Å². The fourth-order valence-corrected chi connectivity index (χ4v) is 4.66. The van der Waals surface area contributed by atoms with Crippen LogP contribution in [0.15, 0.2) is 42.5 Å². The molecule has 2 aromatic carbocycles. The molecule has 8 nitrogen and oxygen atoms in total. The average Bonchev–Trinajstić information content (AvgIpc) is 2.88. The fraction of sp³-hybridized carbons (Fsp3) is 0.444. The number of carbonyl (C=O) groups is 1. The summed E-state index contributed by atoms with van der Waals surface area (Å²) in [6.07, 6.45) is 2.88. The highest BCUT2D eigenvalue weighted by Crippen LogP contribution is 2.30. The van der Waals surface area contributed by atoms with Gasteiger partial charge < -0.3 is 19.1 Å². The number of benzene rings is 2.